The summed E-state index contributed by atoms with van der Waals surface area (Å²) in [6.07, 6.45) is 0. The standard InChI is InChI=1S/C40H26N2/c1-3-15-27(16-4-1)37-31-21-9-13-25-35(31)41-33-23-11-7-19-29(33)30-20-8-12-24-34(30)42-36-26-14-10-22-32(36)38(40(42)39(37)41)28-17-5-2-6-18-28/h1-26H. The smallest absolute Gasteiger partial charge is 0.0795 e. The van der Waals surface area contributed by atoms with Gasteiger partial charge in [-0.15, -0.1) is 0 Å². The molecule has 0 fully saturated rings. The highest BCUT2D eigenvalue weighted by Crippen LogP contribution is 2.45. The number of benzene rings is 6. The Bertz CT molecular complexity index is 2320. The summed E-state index contributed by atoms with van der Waals surface area (Å²) in [7, 11) is 0. The number of fused-ring (bicyclic) bond motifs is 12. The number of hydrogen-bond acceptors (Lipinski definition) is 0. The topological polar surface area (TPSA) is 8.82 Å². The van der Waals surface area contributed by atoms with Crippen LogP contribution in [0.3, 0.4) is 0 Å². The molecule has 9 rings (SSSR count). The molecule has 2 heteroatoms. The molecular formula is C40H26N2. The van der Waals surface area contributed by atoms with Gasteiger partial charge in [-0.25, -0.2) is 0 Å². The third-order valence-electron chi connectivity index (χ3n) is 8.68. The van der Waals surface area contributed by atoms with Crippen LogP contribution in [0.2, 0.25) is 0 Å². The molecule has 196 valence electrons. The van der Waals surface area contributed by atoms with Gasteiger partial charge in [0.1, 0.15) is 0 Å². The van der Waals surface area contributed by atoms with E-state index in [2.05, 4.69) is 167 Å². The van der Waals surface area contributed by atoms with Crippen LogP contribution in [0.25, 0.3) is 76.9 Å². The van der Waals surface area contributed by atoms with E-state index in [-0.39, 0.29) is 0 Å². The fourth-order valence-corrected chi connectivity index (χ4v) is 7.02. The maximum Gasteiger partial charge on any atom is 0.0795 e. The van der Waals surface area contributed by atoms with E-state index in [1.54, 1.807) is 0 Å². The minimum atomic E-state index is 1.19. The van der Waals surface area contributed by atoms with Crippen LogP contribution >= 0.6 is 0 Å². The lowest BCUT2D eigenvalue weighted by atomic mass is 9.99. The maximum atomic E-state index is 2.51. The number of para-hydroxylation sites is 4. The third kappa shape index (κ3) is 3.15. The van der Waals surface area contributed by atoms with Gasteiger partial charge in [0, 0.05) is 32.7 Å². The molecule has 2 nitrogen and oxygen atoms in total. The second-order valence-corrected chi connectivity index (χ2v) is 10.9. The first-order valence-electron chi connectivity index (χ1n) is 14.5. The quantitative estimate of drug-likeness (QED) is 0.209. The molecule has 42 heavy (non-hydrogen) atoms. The normalized spacial score (nSPS) is 11.8. The van der Waals surface area contributed by atoms with E-state index in [0.717, 1.165) is 0 Å². The highest BCUT2D eigenvalue weighted by Gasteiger charge is 2.23. The minimum absolute atomic E-state index is 1.19. The van der Waals surface area contributed by atoms with Crippen molar-refractivity contribution in [3.8, 4) is 22.3 Å². The first kappa shape index (κ1) is 23.1. The van der Waals surface area contributed by atoms with Crippen LogP contribution in [-0.4, -0.2) is 8.80 Å². The van der Waals surface area contributed by atoms with E-state index in [9.17, 15) is 0 Å². The molecule has 0 aliphatic carbocycles. The molecule has 0 aliphatic rings. The summed E-state index contributed by atoms with van der Waals surface area (Å²) in [4.78, 5) is 0. The third-order valence-corrected chi connectivity index (χ3v) is 8.68. The zero-order chi connectivity index (χ0) is 27.6. The molecule has 0 N–H and O–H groups in total. The van der Waals surface area contributed by atoms with Crippen molar-refractivity contribution in [2.75, 3.05) is 0 Å². The summed E-state index contributed by atoms with van der Waals surface area (Å²) in [5.41, 5.74) is 12.1. The highest BCUT2D eigenvalue weighted by atomic mass is 15.0. The van der Waals surface area contributed by atoms with Crippen LogP contribution in [0.15, 0.2) is 158 Å². The number of nitrogens with zero attached hydrogens (tertiary/aromatic N) is 2. The van der Waals surface area contributed by atoms with E-state index in [1.807, 2.05) is 0 Å². The van der Waals surface area contributed by atoms with Crippen LogP contribution in [0.5, 0.6) is 0 Å². The molecule has 6 aromatic carbocycles. The summed E-state index contributed by atoms with van der Waals surface area (Å²) < 4.78 is 5.03. The van der Waals surface area contributed by atoms with E-state index in [1.165, 1.54) is 76.9 Å². The lowest BCUT2D eigenvalue weighted by molar-refractivity contribution is 1.30. The summed E-state index contributed by atoms with van der Waals surface area (Å²) in [6.45, 7) is 0. The molecule has 3 heterocycles. The number of rotatable bonds is 2. The van der Waals surface area contributed by atoms with Gasteiger partial charge in [-0.05, 0) is 35.4 Å². The molecule has 0 saturated carbocycles. The van der Waals surface area contributed by atoms with Gasteiger partial charge in [0.2, 0.25) is 0 Å². The van der Waals surface area contributed by atoms with Gasteiger partial charge in [0.05, 0.1) is 33.1 Å². The molecule has 0 amide bonds. The molecule has 0 atom stereocenters. The first-order valence-corrected chi connectivity index (χ1v) is 14.5. The molecule has 0 bridgehead atoms. The van der Waals surface area contributed by atoms with E-state index in [4.69, 9.17) is 0 Å². The second kappa shape index (κ2) is 8.95. The Hall–Kier alpha value is -5.60. The van der Waals surface area contributed by atoms with Crippen LogP contribution < -0.4 is 0 Å². The lowest BCUT2D eigenvalue weighted by Crippen LogP contribution is -1.94. The highest BCUT2D eigenvalue weighted by molar-refractivity contribution is 6.21. The molecule has 3 aromatic heterocycles. The monoisotopic (exact) mass is 534 g/mol. The first-order chi connectivity index (χ1) is 20.9. The minimum Gasteiger partial charge on any atom is -0.307 e. The largest absolute Gasteiger partial charge is 0.307 e. The van der Waals surface area contributed by atoms with Crippen LogP contribution in [-0.2, 0) is 0 Å². The van der Waals surface area contributed by atoms with Gasteiger partial charge >= 0.3 is 0 Å². The van der Waals surface area contributed by atoms with Crippen LogP contribution in [0, 0.1) is 0 Å². The Morgan fingerprint density at radius 3 is 0.929 bits per heavy atom. The van der Waals surface area contributed by atoms with Crippen molar-refractivity contribution in [1.82, 2.24) is 8.80 Å². The average Bonchev–Trinajstić information content (AvgIpc) is 3.58. The van der Waals surface area contributed by atoms with Gasteiger partial charge < -0.3 is 8.80 Å². The van der Waals surface area contributed by atoms with Gasteiger partial charge in [0.15, 0.2) is 0 Å². The number of hydrogen-bond donors (Lipinski definition) is 0. The fourth-order valence-electron chi connectivity index (χ4n) is 7.02. The van der Waals surface area contributed by atoms with Crippen molar-refractivity contribution in [3.63, 3.8) is 0 Å². The molecular weight excluding hydrogens is 508 g/mol. The Labute approximate surface area is 243 Å². The summed E-state index contributed by atoms with van der Waals surface area (Å²) in [6, 6.07) is 57.2. The molecule has 0 radical (unpaired) electrons. The van der Waals surface area contributed by atoms with Gasteiger partial charge in [0.25, 0.3) is 0 Å². The SMILES string of the molecule is c1ccc(-c2c3ccccc3n3c4ccccc4c4ccccc4n4c5ccccc5c(-c5ccccc5)c4c23)cc1. The molecule has 0 saturated heterocycles. The second-order valence-electron chi connectivity index (χ2n) is 10.9. The van der Waals surface area contributed by atoms with Crippen molar-refractivity contribution in [2.24, 2.45) is 0 Å². The summed E-state index contributed by atoms with van der Waals surface area (Å²) in [5, 5.41) is 4.93. The molecule has 0 unspecified atom stereocenters. The van der Waals surface area contributed by atoms with Gasteiger partial charge in [-0.1, -0.05) is 133 Å². The predicted molar refractivity (Wildman–Crippen MR) is 178 cm³/mol. The Morgan fingerprint density at radius 2 is 0.548 bits per heavy atom. The van der Waals surface area contributed by atoms with Crippen molar-refractivity contribution >= 4 is 54.6 Å². The molecule has 9 aromatic rings. The number of aromatic nitrogens is 2. The molecule has 0 aliphatic heterocycles. The zero-order valence-corrected chi connectivity index (χ0v) is 22.9. The van der Waals surface area contributed by atoms with E-state index in [0.29, 0.717) is 0 Å². The molecule has 0 spiro atoms. The zero-order valence-electron chi connectivity index (χ0n) is 22.9. The Kier molecular flexibility index (Phi) is 4.93. The maximum absolute atomic E-state index is 2.51. The van der Waals surface area contributed by atoms with Crippen LogP contribution in [0.4, 0.5) is 0 Å². The van der Waals surface area contributed by atoms with Crippen molar-refractivity contribution in [1.29, 1.82) is 0 Å². The lowest BCUT2D eigenvalue weighted by Gasteiger charge is -2.12. The van der Waals surface area contributed by atoms with Crippen LogP contribution in [0.1, 0.15) is 0 Å². The van der Waals surface area contributed by atoms with Gasteiger partial charge in [-0.3, -0.25) is 0 Å². The fraction of sp³-hybridized carbons (Fsp3) is 0. The van der Waals surface area contributed by atoms with Crippen molar-refractivity contribution < 1.29 is 0 Å². The summed E-state index contributed by atoms with van der Waals surface area (Å²) >= 11 is 0. The van der Waals surface area contributed by atoms with Crippen molar-refractivity contribution in [3.05, 3.63) is 158 Å². The summed E-state index contributed by atoms with van der Waals surface area (Å²) in [5.74, 6) is 0. The Morgan fingerprint density at radius 1 is 0.262 bits per heavy atom. The van der Waals surface area contributed by atoms with E-state index >= 15 is 0 Å². The predicted octanol–water partition coefficient (Wildman–Crippen LogP) is 10.7. The van der Waals surface area contributed by atoms with Crippen molar-refractivity contribution in [2.45, 2.75) is 0 Å². The Balaban J connectivity index is 1.77. The average molecular weight is 535 g/mol. The van der Waals surface area contributed by atoms with E-state index < -0.39 is 0 Å². The van der Waals surface area contributed by atoms with Gasteiger partial charge in [-0.2, -0.15) is 0 Å².